The largest absolute Gasteiger partial charge is 0.481 e. The number of carbonyl (C=O) groups excluding carboxylic acids is 1. The van der Waals surface area contributed by atoms with Gasteiger partial charge in [-0.2, -0.15) is 17.0 Å². The predicted molar refractivity (Wildman–Crippen MR) is 65.4 cm³/mol. The molecular weight excluding hydrogens is 274 g/mol. The molecule has 2 fully saturated rings. The first-order valence-corrected chi connectivity index (χ1v) is 7.55. The molecule has 8 nitrogen and oxygen atoms in total. The Balaban J connectivity index is 2.01. The number of carboxylic acids is 1. The highest BCUT2D eigenvalue weighted by Crippen LogP contribution is 2.21. The Morgan fingerprint density at radius 1 is 1.21 bits per heavy atom. The van der Waals surface area contributed by atoms with Crippen molar-refractivity contribution in [3.05, 3.63) is 0 Å². The van der Waals surface area contributed by atoms with E-state index in [0.717, 1.165) is 4.31 Å². The Hall–Kier alpha value is -1.19. The second-order valence-electron chi connectivity index (χ2n) is 4.70. The van der Waals surface area contributed by atoms with E-state index in [1.165, 1.54) is 4.31 Å². The van der Waals surface area contributed by atoms with Crippen LogP contribution in [0.15, 0.2) is 0 Å². The smallest absolute Gasteiger partial charge is 0.306 e. The molecule has 0 aromatic carbocycles. The highest BCUT2D eigenvalue weighted by molar-refractivity contribution is 7.86. The van der Waals surface area contributed by atoms with Crippen LogP contribution in [0.25, 0.3) is 0 Å². The summed E-state index contributed by atoms with van der Waals surface area (Å²) in [6.45, 7) is 0.784. The summed E-state index contributed by atoms with van der Waals surface area (Å²) in [7, 11) is -3.65. The molecule has 1 amide bonds. The Morgan fingerprint density at radius 3 is 2.37 bits per heavy atom. The summed E-state index contributed by atoms with van der Waals surface area (Å²) < 4.78 is 27.0. The summed E-state index contributed by atoms with van der Waals surface area (Å²) in [6.07, 6.45) is 0.628. The van der Waals surface area contributed by atoms with Gasteiger partial charge in [-0.05, 0) is 12.8 Å². The van der Waals surface area contributed by atoms with Crippen LogP contribution in [0.5, 0.6) is 0 Å². The van der Waals surface area contributed by atoms with Crippen LogP contribution in [0.3, 0.4) is 0 Å². The minimum atomic E-state index is -3.65. The topological polar surface area (TPSA) is 107 Å². The molecule has 0 aliphatic carbocycles. The van der Waals surface area contributed by atoms with Gasteiger partial charge in [0, 0.05) is 26.2 Å². The highest BCUT2D eigenvalue weighted by atomic mass is 32.2. The van der Waals surface area contributed by atoms with Crippen LogP contribution in [0, 0.1) is 5.92 Å². The molecule has 0 unspecified atom stereocenters. The second kappa shape index (κ2) is 5.43. The predicted octanol–water partition coefficient (Wildman–Crippen LogP) is -1.54. The van der Waals surface area contributed by atoms with Crippen molar-refractivity contribution < 1.29 is 23.1 Å². The number of hydrogen-bond donors (Lipinski definition) is 2. The summed E-state index contributed by atoms with van der Waals surface area (Å²) in [6, 6.07) is 0. The number of rotatable bonds is 3. The Kier molecular flexibility index (Phi) is 4.07. The molecule has 0 radical (unpaired) electrons. The average Bonchev–Trinajstić information content (AvgIpc) is 2.39. The first-order valence-electron chi connectivity index (χ1n) is 6.16. The van der Waals surface area contributed by atoms with E-state index in [0.29, 0.717) is 19.4 Å². The van der Waals surface area contributed by atoms with Gasteiger partial charge in [0.2, 0.25) is 5.91 Å². The monoisotopic (exact) mass is 291 g/mol. The van der Waals surface area contributed by atoms with Gasteiger partial charge in [0.25, 0.3) is 10.2 Å². The third kappa shape index (κ3) is 3.04. The normalized spacial score (nSPS) is 24.1. The van der Waals surface area contributed by atoms with E-state index in [1.807, 2.05) is 0 Å². The molecule has 0 saturated carbocycles. The minimum Gasteiger partial charge on any atom is -0.481 e. The van der Waals surface area contributed by atoms with E-state index in [2.05, 4.69) is 5.32 Å². The number of carboxylic acid groups (broad SMARTS) is 1. The average molecular weight is 291 g/mol. The molecule has 108 valence electrons. The first-order chi connectivity index (χ1) is 8.91. The van der Waals surface area contributed by atoms with Crippen LogP contribution in [0.1, 0.15) is 12.8 Å². The van der Waals surface area contributed by atoms with Crippen LogP contribution < -0.4 is 5.32 Å². The third-order valence-electron chi connectivity index (χ3n) is 3.46. The molecule has 0 aromatic rings. The van der Waals surface area contributed by atoms with Crippen molar-refractivity contribution in [1.29, 1.82) is 0 Å². The standard InChI is InChI=1S/C10H17N3O5S/c14-9-7-13(6-3-11-9)19(17,18)12-4-1-8(2-5-12)10(15)16/h8H,1-7H2,(H,11,14)(H,15,16). The van der Waals surface area contributed by atoms with Crippen LogP contribution >= 0.6 is 0 Å². The fraction of sp³-hybridized carbons (Fsp3) is 0.800. The van der Waals surface area contributed by atoms with E-state index in [1.54, 1.807) is 0 Å². The first kappa shape index (κ1) is 14.2. The molecule has 0 spiro atoms. The van der Waals surface area contributed by atoms with Gasteiger partial charge >= 0.3 is 5.97 Å². The molecular formula is C10H17N3O5S. The summed E-state index contributed by atoms with van der Waals surface area (Å²) in [4.78, 5) is 22.1. The van der Waals surface area contributed by atoms with E-state index in [-0.39, 0.29) is 32.1 Å². The van der Waals surface area contributed by atoms with Crippen LogP contribution in [-0.2, 0) is 19.8 Å². The molecule has 9 heteroatoms. The number of piperidine rings is 1. The quantitative estimate of drug-likeness (QED) is 0.655. The Morgan fingerprint density at radius 2 is 1.84 bits per heavy atom. The van der Waals surface area contributed by atoms with Gasteiger partial charge in [-0.3, -0.25) is 9.59 Å². The van der Waals surface area contributed by atoms with Crippen molar-refractivity contribution in [3.8, 4) is 0 Å². The van der Waals surface area contributed by atoms with Gasteiger partial charge in [-0.25, -0.2) is 0 Å². The molecule has 2 N–H and O–H groups in total. The summed E-state index contributed by atoms with van der Waals surface area (Å²) >= 11 is 0. The van der Waals surface area contributed by atoms with Crippen molar-refractivity contribution in [1.82, 2.24) is 13.9 Å². The molecule has 0 aromatic heterocycles. The van der Waals surface area contributed by atoms with Crippen LogP contribution in [-0.4, -0.2) is 66.7 Å². The molecule has 19 heavy (non-hydrogen) atoms. The summed E-state index contributed by atoms with van der Waals surface area (Å²) in [5, 5.41) is 11.4. The highest BCUT2D eigenvalue weighted by Gasteiger charge is 2.36. The molecule has 0 bridgehead atoms. The van der Waals surface area contributed by atoms with Crippen molar-refractivity contribution in [3.63, 3.8) is 0 Å². The van der Waals surface area contributed by atoms with Crippen LogP contribution in [0.2, 0.25) is 0 Å². The third-order valence-corrected chi connectivity index (χ3v) is 5.44. The van der Waals surface area contributed by atoms with Gasteiger partial charge < -0.3 is 10.4 Å². The van der Waals surface area contributed by atoms with Gasteiger partial charge in [0.05, 0.1) is 12.5 Å². The van der Waals surface area contributed by atoms with Crippen molar-refractivity contribution >= 4 is 22.1 Å². The number of piperazine rings is 1. The van der Waals surface area contributed by atoms with Crippen LogP contribution in [0.4, 0.5) is 0 Å². The molecule has 2 heterocycles. The number of carbonyl (C=O) groups is 2. The SMILES string of the molecule is O=C1CN(S(=O)(=O)N2CCC(C(=O)O)CC2)CCN1. The fourth-order valence-electron chi connectivity index (χ4n) is 2.31. The van der Waals surface area contributed by atoms with Gasteiger partial charge in [0.15, 0.2) is 0 Å². The second-order valence-corrected chi connectivity index (χ2v) is 6.63. The van der Waals surface area contributed by atoms with Crippen molar-refractivity contribution in [2.24, 2.45) is 5.92 Å². The summed E-state index contributed by atoms with van der Waals surface area (Å²) in [5.41, 5.74) is 0. The van der Waals surface area contributed by atoms with Crippen molar-refractivity contribution in [2.45, 2.75) is 12.8 Å². The van der Waals surface area contributed by atoms with E-state index >= 15 is 0 Å². The molecule has 2 aliphatic rings. The number of hydrogen-bond acceptors (Lipinski definition) is 4. The zero-order valence-corrected chi connectivity index (χ0v) is 11.2. The zero-order chi connectivity index (χ0) is 14.0. The number of aliphatic carboxylic acids is 1. The minimum absolute atomic E-state index is 0.165. The van der Waals surface area contributed by atoms with E-state index in [4.69, 9.17) is 5.11 Å². The van der Waals surface area contributed by atoms with E-state index in [9.17, 15) is 18.0 Å². The van der Waals surface area contributed by atoms with E-state index < -0.39 is 22.1 Å². The maximum Gasteiger partial charge on any atom is 0.306 e. The molecule has 2 saturated heterocycles. The lowest BCUT2D eigenvalue weighted by Gasteiger charge is -2.35. The molecule has 2 rings (SSSR count). The van der Waals surface area contributed by atoms with Crippen molar-refractivity contribution in [2.75, 3.05) is 32.7 Å². The lowest BCUT2D eigenvalue weighted by atomic mass is 9.99. The lowest BCUT2D eigenvalue weighted by molar-refractivity contribution is -0.142. The fourth-order valence-corrected chi connectivity index (χ4v) is 3.91. The zero-order valence-electron chi connectivity index (χ0n) is 10.4. The molecule has 2 aliphatic heterocycles. The number of nitrogens with zero attached hydrogens (tertiary/aromatic N) is 2. The Labute approximate surface area is 111 Å². The molecule has 0 atom stereocenters. The van der Waals surface area contributed by atoms with Gasteiger partial charge in [0.1, 0.15) is 0 Å². The lowest BCUT2D eigenvalue weighted by Crippen LogP contribution is -2.55. The summed E-state index contributed by atoms with van der Waals surface area (Å²) in [5.74, 6) is -1.67. The number of nitrogens with one attached hydrogen (secondary N) is 1. The van der Waals surface area contributed by atoms with Gasteiger partial charge in [-0.15, -0.1) is 0 Å². The maximum absolute atomic E-state index is 12.3. The number of amides is 1. The van der Waals surface area contributed by atoms with Gasteiger partial charge in [-0.1, -0.05) is 0 Å². The maximum atomic E-state index is 12.3. The Bertz CT molecular complexity index is 470.